The molecule has 2 aromatic rings. The minimum Gasteiger partial charge on any atom is -0.484 e. The first kappa shape index (κ1) is 20.8. The Morgan fingerprint density at radius 2 is 1.89 bits per heavy atom. The van der Waals surface area contributed by atoms with Crippen LogP contribution < -0.4 is 15.8 Å². The fraction of sp³-hybridized carbons (Fsp3) is 0.235. The molecule has 0 spiro atoms. The van der Waals surface area contributed by atoms with Gasteiger partial charge < -0.3 is 20.5 Å². The molecule has 0 fully saturated rings. The summed E-state index contributed by atoms with van der Waals surface area (Å²) in [4.78, 5) is 46.1. The maximum Gasteiger partial charge on any atom is 0.341 e. The Bertz CT molecular complexity index is 922. The Morgan fingerprint density at radius 3 is 2.43 bits per heavy atom. The number of anilines is 1. The van der Waals surface area contributed by atoms with Crippen molar-refractivity contribution in [2.75, 3.05) is 18.5 Å². The van der Waals surface area contributed by atoms with Crippen molar-refractivity contribution >= 4 is 39.8 Å². The van der Waals surface area contributed by atoms with Gasteiger partial charge in [-0.3, -0.25) is 19.7 Å². The summed E-state index contributed by atoms with van der Waals surface area (Å²) in [5.41, 5.74) is 5.58. The smallest absolute Gasteiger partial charge is 0.341 e. The minimum absolute atomic E-state index is 0.0596. The third-order valence-electron chi connectivity index (χ3n) is 3.52. The average Bonchev–Trinajstić information content (AvgIpc) is 2.96. The monoisotopic (exact) mass is 407 g/mol. The molecule has 0 saturated carbocycles. The molecule has 11 heteroatoms. The second-order valence-corrected chi connectivity index (χ2v) is 6.45. The van der Waals surface area contributed by atoms with Gasteiger partial charge in [0, 0.05) is 12.1 Å². The van der Waals surface area contributed by atoms with Crippen molar-refractivity contribution in [3.05, 3.63) is 50.4 Å². The molecule has 1 heterocycles. The number of nitrogens with one attached hydrogen (secondary N) is 1. The van der Waals surface area contributed by atoms with Crippen molar-refractivity contribution in [3.63, 3.8) is 0 Å². The third-order valence-corrected chi connectivity index (χ3v) is 4.74. The highest BCUT2D eigenvalue weighted by Crippen LogP contribution is 2.33. The normalized spacial score (nSPS) is 10.2. The number of nitro benzene ring substituents is 1. The number of benzene rings is 1. The van der Waals surface area contributed by atoms with Gasteiger partial charge in [-0.05, 0) is 31.5 Å². The van der Waals surface area contributed by atoms with Gasteiger partial charge in [0.1, 0.15) is 10.8 Å². The van der Waals surface area contributed by atoms with Crippen LogP contribution in [-0.4, -0.2) is 35.9 Å². The molecule has 0 radical (unpaired) electrons. The number of hydrogen-bond donors (Lipinski definition) is 2. The number of carbonyl (C=O) groups excluding carboxylic acids is 3. The van der Waals surface area contributed by atoms with E-state index in [0.717, 1.165) is 11.3 Å². The summed E-state index contributed by atoms with van der Waals surface area (Å²) in [5, 5.41) is 13.3. The van der Waals surface area contributed by atoms with Gasteiger partial charge in [-0.25, -0.2) is 4.79 Å². The van der Waals surface area contributed by atoms with E-state index in [0.29, 0.717) is 5.56 Å². The van der Waals surface area contributed by atoms with E-state index in [1.807, 2.05) is 0 Å². The standard InChI is InChI=1S/C17H17N3O7S/c1-3-26-17(23)13-9(2)14(15(18)22)28-16(13)19-12(21)8-27-11-6-4-10(5-7-11)20(24)25/h4-7H,3,8H2,1-2H3,(H2,18,22)(H,19,21). The van der Waals surface area contributed by atoms with Crippen LogP contribution in [0.4, 0.5) is 10.7 Å². The van der Waals surface area contributed by atoms with Crippen molar-refractivity contribution in [1.29, 1.82) is 0 Å². The van der Waals surface area contributed by atoms with Crippen molar-refractivity contribution in [2.24, 2.45) is 5.73 Å². The van der Waals surface area contributed by atoms with Gasteiger partial charge in [0.15, 0.2) is 6.61 Å². The highest BCUT2D eigenvalue weighted by Gasteiger charge is 2.25. The van der Waals surface area contributed by atoms with Crippen molar-refractivity contribution in [1.82, 2.24) is 0 Å². The number of thiophene rings is 1. The molecule has 0 aliphatic rings. The number of hydrogen-bond acceptors (Lipinski definition) is 8. The number of primary amides is 1. The van der Waals surface area contributed by atoms with Gasteiger partial charge in [0.05, 0.1) is 22.0 Å². The van der Waals surface area contributed by atoms with Crippen molar-refractivity contribution in [3.8, 4) is 5.75 Å². The summed E-state index contributed by atoms with van der Waals surface area (Å²) in [6, 6.07) is 5.20. The molecule has 1 aromatic carbocycles. The lowest BCUT2D eigenvalue weighted by Crippen LogP contribution is -2.21. The lowest BCUT2D eigenvalue weighted by Gasteiger charge is -2.08. The zero-order chi connectivity index (χ0) is 20.8. The largest absolute Gasteiger partial charge is 0.484 e. The summed E-state index contributed by atoms with van der Waals surface area (Å²) < 4.78 is 10.2. The molecule has 2 amide bonds. The second kappa shape index (κ2) is 8.95. The van der Waals surface area contributed by atoms with Crippen LogP contribution in [0.15, 0.2) is 24.3 Å². The van der Waals surface area contributed by atoms with Crippen molar-refractivity contribution < 1.29 is 28.8 Å². The lowest BCUT2D eigenvalue weighted by molar-refractivity contribution is -0.384. The zero-order valence-corrected chi connectivity index (χ0v) is 15.8. The quantitative estimate of drug-likeness (QED) is 0.387. The van der Waals surface area contributed by atoms with Gasteiger partial charge in [-0.1, -0.05) is 0 Å². The molecular weight excluding hydrogens is 390 g/mol. The summed E-state index contributed by atoms with van der Waals surface area (Å²) in [6.45, 7) is 2.87. The molecular formula is C17H17N3O7S. The van der Waals surface area contributed by atoms with E-state index >= 15 is 0 Å². The van der Waals surface area contributed by atoms with E-state index in [9.17, 15) is 24.5 Å². The average molecular weight is 407 g/mol. The van der Waals surface area contributed by atoms with E-state index in [1.54, 1.807) is 6.92 Å². The highest BCUT2D eigenvalue weighted by molar-refractivity contribution is 7.18. The van der Waals surface area contributed by atoms with E-state index in [-0.39, 0.29) is 33.5 Å². The Morgan fingerprint density at radius 1 is 1.25 bits per heavy atom. The fourth-order valence-electron chi connectivity index (χ4n) is 2.26. The molecule has 2 rings (SSSR count). The number of rotatable bonds is 8. The molecule has 0 saturated heterocycles. The molecule has 1 aromatic heterocycles. The topological polar surface area (TPSA) is 151 Å². The predicted molar refractivity (Wildman–Crippen MR) is 101 cm³/mol. The summed E-state index contributed by atoms with van der Waals surface area (Å²) in [6.07, 6.45) is 0. The number of amides is 2. The number of nitro groups is 1. The molecule has 0 unspecified atom stereocenters. The number of nitrogens with zero attached hydrogens (tertiary/aromatic N) is 1. The van der Waals surface area contributed by atoms with Gasteiger partial charge in [-0.15, -0.1) is 11.3 Å². The summed E-state index contributed by atoms with van der Waals surface area (Å²) >= 11 is 0.866. The number of esters is 1. The minimum atomic E-state index is -0.726. The van der Waals surface area contributed by atoms with E-state index in [4.69, 9.17) is 15.2 Å². The second-order valence-electron chi connectivity index (χ2n) is 5.43. The molecule has 0 aliphatic carbocycles. The van der Waals surface area contributed by atoms with Gasteiger partial charge in [0.25, 0.3) is 17.5 Å². The number of carbonyl (C=O) groups is 3. The number of nitrogens with two attached hydrogens (primary N) is 1. The Labute approximate surface area is 163 Å². The van der Waals surface area contributed by atoms with Crippen LogP contribution in [0.25, 0.3) is 0 Å². The molecule has 10 nitrogen and oxygen atoms in total. The van der Waals surface area contributed by atoms with Crippen LogP contribution in [0, 0.1) is 17.0 Å². The molecule has 3 N–H and O–H groups in total. The van der Waals surface area contributed by atoms with E-state index < -0.39 is 29.3 Å². The Balaban J connectivity index is 2.12. The van der Waals surface area contributed by atoms with Crippen LogP contribution in [0.3, 0.4) is 0 Å². The lowest BCUT2D eigenvalue weighted by atomic mass is 10.1. The Hall–Kier alpha value is -3.47. The van der Waals surface area contributed by atoms with Crippen LogP contribution >= 0.6 is 11.3 Å². The SMILES string of the molecule is CCOC(=O)c1c(NC(=O)COc2ccc([N+](=O)[O-])cc2)sc(C(N)=O)c1C. The predicted octanol–water partition coefficient (Wildman–Crippen LogP) is 2.26. The molecule has 148 valence electrons. The first-order chi connectivity index (χ1) is 13.2. The molecule has 0 aliphatic heterocycles. The van der Waals surface area contributed by atoms with Crippen LogP contribution in [0.1, 0.15) is 32.5 Å². The van der Waals surface area contributed by atoms with Crippen LogP contribution in [0.5, 0.6) is 5.75 Å². The van der Waals surface area contributed by atoms with Crippen molar-refractivity contribution in [2.45, 2.75) is 13.8 Å². The first-order valence-corrected chi connectivity index (χ1v) is 8.83. The molecule has 0 atom stereocenters. The van der Waals surface area contributed by atoms with Crippen LogP contribution in [-0.2, 0) is 9.53 Å². The number of non-ortho nitro benzene ring substituents is 1. The van der Waals surface area contributed by atoms with Gasteiger partial charge >= 0.3 is 5.97 Å². The number of ether oxygens (including phenoxy) is 2. The highest BCUT2D eigenvalue weighted by atomic mass is 32.1. The first-order valence-electron chi connectivity index (χ1n) is 8.02. The van der Waals surface area contributed by atoms with Gasteiger partial charge in [0.2, 0.25) is 0 Å². The third kappa shape index (κ3) is 4.82. The van der Waals surface area contributed by atoms with Gasteiger partial charge in [-0.2, -0.15) is 0 Å². The summed E-state index contributed by atoms with van der Waals surface area (Å²) in [5.74, 6) is -1.75. The van der Waals surface area contributed by atoms with E-state index in [2.05, 4.69) is 5.32 Å². The molecule has 0 bridgehead atoms. The maximum atomic E-state index is 12.2. The van der Waals surface area contributed by atoms with E-state index in [1.165, 1.54) is 31.2 Å². The molecule has 28 heavy (non-hydrogen) atoms. The van der Waals surface area contributed by atoms with Crippen LogP contribution in [0.2, 0.25) is 0 Å². The summed E-state index contributed by atoms with van der Waals surface area (Å²) in [7, 11) is 0. The Kier molecular flexibility index (Phi) is 6.66. The fourth-order valence-corrected chi connectivity index (χ4v) is 3.32. The maximum absolute atomic E-state index is 12.2. The zero-order valence-electron chi connectivity index (χ0n) is 15.0.